The first-order valence-electron chi connectivity index (χ1n) is 10.0. The van der Waals surface area contributed by atoms with Crippen LogP contribution in [0.15, 0.2) is 24.4 Å². The molecule has 1 atom stereocenters. The van der Waals surface area contributed by atoms with Gasteiger partial charge < -0.3 is 19.9 Å². The highest BCUT2D eigenvalue weighted by Crippen LogP contribution is 2.21. The maximum atomic E-state index is 11.5. The van der Waals surface area contributed by atoms with Crippen LogP contribution in [-0.4, -0.2) is 49.3 Å². The van der Waals surface area contributed by atoms with Gasteiger partial charge in [-0.05, 0) is 50.1 Å². The van der Waals surface area contributed by atoms with Gasteiger partial charge in [-0.15, -0.1) is 0 Å². The van der Waals surface area contributed by atoms with Gasteiger partial charge in [0.2, 0.25) is 0 Å². The molecular formula is C16H21N3O2. The maximum absolute atomic E-state index is 11.5. The molecule has 1 aliphatic rings. The molecule has 1 aromatic carbocycles. The number of carbonyl (C=O) groups is 1. The van der Waals surface area contributed by atoms with Gasteiger partial charge in [0.1, 0.15) is 6.61 Å². The third kappa shape index (κ3) is 3.19. The van der Waals surface area contributed by atoms with Gasteiger partial charge in [0.25, 0.3) is 0 Å². The van der Waals surface area contributed by atoms with Crippen LogP contribution in [0.25, 0.3) is 10.9 Å². The molecule has 5 heteroatoms. The first kappa shape index (κ1) is 7.84. The van der Waals surface area contributed by atoms with Crippen LogP contribution < -0.4 is 5.31 Å². The molecule has 112 valence electrons. The fourth-order valence-electron chi connectivity index (χ4n) is 2.09. The highest BCUT2D eigenvalue weighted by molar-refractivity contribution is 5.84. The van der Waals surface area contributed by atoms with E-state index >= 15 is 0 Å². The van der Waals surface area contributed by atoms with Gasteiger partial charge in [0.15, 0.2) is 2.82 Å². The van der Waals surface area contributed by atoms with Crippen LogP contribution in [0.5, 0.6) is 0 Å². The lowest BCUT2D eigenvalue weighted by Gasteiger charge is -2.09. The number of nitrogens with zero attached hydrogens (tertiary/aromatic N) is 1. The summed E-state index contributed by atoms with van der Waals surface area (Å²) in [6, 6.07) is 3.12. The Balaban J connectivity index is 2.15. The van der Waals surface area contributed by atoms with Gasteiger partial charge in [0.05, 0.1) is 7.41 Å². The van der Waals surface area contributed by atoms with Crippen molar-refractivity contribution in [1.29, 1.82) is 0 Å². The molecule has 2 heterocycles. The molecule has 21 heavy (non-hydrogen) atoms. The van der Waals surface area contributed by atoms with Gasteiger partial charge in [0, 0.05) is 29.1 Å². The Morgan fingerprint density at radius 3 is 3.14 bits per heavy atom. The van der Waals surface area contributed by atoms with E-state index in [1.54, 1.807) is 19.0 Å². The van der Waals surface area contributed by atoms with E-state index in [9.17, 15) is 4.79 Å². The van der Waals surface area contributed by atoms with Crippen molar-refractivity contribution in [2.45, 2.75) is 18.8 Å². The highest BCUT2D eigenvalue weighted by atomic mass is 16.6. The smallest absolute Gasteiger partial charge is 0.407 e. The van der Waals surface area contributed by atoms with E-state index in [1.165, 1.54) is 18.2 Å². The quantitative estimate of drug-likeness (QED) is 0.886. The number of likely N-dealkylation sites (N-methyl/N-ethyl adjacent to an activating group) is 1. The standard InChI is InChI=1S/C16H21N3O2/c1-19(2)6-5-12-9-17-15-4-3-11(8-14(12)15)7-13-10-21-16(20)18-13/h3-4,8-9,13,17H,5-7,10H2,1-2H3,(H,18,20)/t13-/m0/s1/i5D2,7D2,9D/hD2. The van der Waals surface area contributed by atoms with E-state index in [0.29, 0.717) is 5.31 Å². The van der Waals surface area contributed by atoms with E-state index in [-0.39, 0.29) is 41.4 Å². The Labute approximate surface area is 134 Å². The number of alkyl carbamates (subject to hydrolysis) is 1. The van der Waals surface area contributed by atoms with E-state index in [2.05, 4.69) is 0 Å². The molecular weight excluding hydrogens is 266 g/mol. The molecule has 2 N–H and O–H groups in total. The molecule has 0 aliphatic carbocycles. The van der Waals surface area contributed by atoms with Crippen molar-refractivity contribution < 1.29 is 19.2 Å². The van der Waals surface area contributed by atoms with Crippen LogP contribution in [0.3, 0.4) is 0 Å². The van der Waals surface area contributed by atoms with E-state index in [0.717, 1.165) is 4.98 Å². The number of nitrogens with one attached hydrogen (secondary N) is 2. The minimum absolute atomic E-state index is 0.00493. The van der Waals surface area contributed by atoms with Crippen molar-refractivity contribution in [2.24, 2.45) is 0 Å². The number of aromatic nitrogens is 1. The maximum Gasteiger partial charge on any atom is 0.407 e. The number of rotatable bonds is 5. The number of ether oxygens (including phenoxy) is 1. The zero-order valence-corrected chi connectivity index (χ0v) is 11.9. The van der Waals surface area contributed by atoms with Gasteiger partial charge in [-0.2, -0.15) is 0 Å². The SMILES string of the molecule is [2H]c1c(C([2H])([2H])CN(C)C)c2cc(C([2H])([2H])[C@H]3COC(=O)N3[2H])ccc2n1[2H]. The van der Waals surface area contributed by atoms with E-state index in [4.69, 9.17) is 14.4 Å². The predicted molar refractivity (Wildman–Crippen MR) is 82.5 cm³/mol. The number of H-pyrrole nitrogens is 1. The molecule has 3 rings (SSSR count). The van der Waals surface area contributed by atoms with Crippen molar-refractivity contribution in [1.82, 2.24) is 15.2 Å². The largest absolute Gasteiger partial charge is 0.447 e. The summed E-state index contributed by atoms with van der Waals surface area (Å²) in [4.78, 5) is 13.9. The monoisotopic (exact) mass is 294 g/mol. The lowest BCUT2D eigenvalue weighted by molar-refractivity contribution is 0.177. The van der Waals surface area contributed by atoms with Crippen LogP contribution in [0, 0.1) is 0 Å². The Bertz CT molecular complexity index is 929. The van der Waals surface area contributed by atoms with Crippen molar-refractivity contribution in [2.75, 3.05) is 27.2 Å². The summed E-state index contributed by atoms with van der Waals surface area (Å²) in [5, 5.41) is 0.720. The molecule has 1 amide bonds. The van der Waals surface area contributed by atoms with Crippen LogP contribution >= 0.6 is 0 Å². The van der Waals surface area contributed by atoms with Crippen molar-refractivity contribution in [3.8, 4) is 0 Å². The fraction of sp³-hybridized carbons (Fsp3) is 0.438. The fourth-order valence-corrected chi connectivity index (χ4v) is 2.09. The summed E-state index contributed by atoms with van der Waals surface area (Å²) in [5.74, 6) is 0. The average Bonchev–Trinajstić information content (AvgIpc) is 3.04. The summed E-state index contributed by atoms with van der Waals surface area (Å²) in [7, 11) is 3.40. The molecule has 0 bridgehead atoms. The van der Waals surface area contributed by atoms with Crippen molar-refractivity contribution in [3.05, 3.63) is 35.5 Å². The number of hydrogen-bond donors (Lipinski definition) is 2. The molecule has 1 saturated heterocycles. The number of aromatic amines is 1. The number of cyclic esters (lactones) is 1. The van der Waals surface area contributed by atoms with Crippen LogP contribution in [0.4, 0.5) is 4.79 Å². The van der Waals surface area contributed by atoms with Crippen LogP contribution in [0.2, 0.25) is 2.82 Å². The van der Waals surface area contributed by atoms with Crippen molar-refractivity contribution in [3.63, 3.8) is 0 Å². The van der Waals surface area contributed by atoms with Gasteiger partial charge in [-0.3, -0.25) is 0 Å². The van der Waals surface area contributed by atoms with Crippen LogP contribution in [0.1, 0.15) is 18.0 Å². The molecule has 2 aromatic rings. The average molecular weight is 294 g/mol. The summed E-state index contributed by atoms with van der Waals surface area (Å²) in [5.41, 5.74) is 0.405. The molecule has 0 radical (unpaired) electrons. The lowest BCUT2D eigenvalue weighted by atomic mass is 10.0. The van der Waals surface area contributed by atoms with Gasteiger partial charge in [-0.25, -0.2) is 4.79 Å². The molecule has 1 fully saturated rings. The van der Waals surface area contributed by atoms with Gasteiger partial charge >= 0.3 is 6.09 Å². The Hall–Kier alpha value is -2.01. The third-order valence-corrected chi connectivity index (χ3v) is 3.09. The molecule has 0 saturated carbocycles. The van der Waals surface area contributed by atoms with Gasteiger partial charge in [-0.1, -0.05) is 6.07 Å². The molecule has 1 aliphatic heterocycles. The van der Waals surface area contributed by atoms with E-state index < -0.39 is 24.9 Å². The first-order valence-corrected chi connectivity index (χ1v) is 6.63. The number of fused-ring (bicyclic) bond motifs is 1. The number of benzene rings is 1. The summed E-state index contributed by atoms with van der Waals surface area (Å²) in [6.45, 7) is -0.286. The Kier molecular flexibility index (Phi) is 2.16. The summed E-state index contributed by atoms with van der Waals surface area (Å²) < 4.78 is 62.4. The molecule has 0 spiro atoms. The minimum atomic E-state index is -2.14. The predicted octanol–water partition coefficient (Wildman–Crippen LogP) is 1.92. The summed E-state index contributed by atoms with van der Waals surface area (Å²) in [6.07, 6.45) is -5.31. The number of amides is 1. The third-order valence-electron chi connectivity index (χ3n) is 3.09. The van der Waals surface area contributed by atoms with E-state index in [1.807, 2.05) is 0 Å². The second-order valence-corrected chi connectivity index (χ2v) is 5.11. The summed E-state index contributed by atoms with van der Waals surface area (Å²) >= 11 is 0. The lowest BCUT2D eigenvalue weighted by Crippen LogP contribution is -2.28. The minimum Gasteiger partial charge on any atom is -0.447 e. The second kappa shape index (κ2) is 5.77. The molecule has 1 aromatic heterocycles. The normalized spacial score (nSPS) is 24.9. The highest BCUT2D eigenvalue weighted by Gasteiger charge is 2.22. The Morgan fingerprint density at radius 1 is 1.57 bits per heavy atom. The Morgan fingerprint density at radius 2 is 2.43 bits per heavy atom. The zero-order valence-electron chi connectivity index (χ0n) is 18.9. The number of hydrogen-bond acceptors (Lipinski definition) is 3. The van der Waals surface area contributed by atoms with Crippen molar-refractivity contribution >= 4 is 17.0 Å². The zero-order chi connectivity index (χ0) is 21.0. The second-order valence-electron chi connectivity index (χ2n) is 5.11. The molecule has 5 nitrogen and oxygen atoms in total. The topological polar surface area (TPSA) is 57.4 Å². The number of carbonyl (C=O) groups excluding carboxylic acids is 1. The van der Waals surface area contributed by atoms with Crippen LogP contribution in [-0.2, 0) is 17.5 Å². The first-order chi connectivity index (χ1) is 12.9. The molecule has 0 unspecified atom stereocenters.